The molecule has 2 heteroatoms. The molecule has 1 aliphatic carbocycles. The lowest BCUT2D eigenvalue weighted by atomic mass is 10.1. The zero-order valence-electron chi connectivity index (χ0n) is 8.42. The van der Waals surface area contributed by atoms with Crippen LogP contribution in [0.15, 0.2) is 0 Å². The summed E-state index contributed by atoms with van der Waals surface area (Å²) < 4.78 is 0. The monoisotopic (exact) mass is 170 g/mol. The van der Waals surface area contributed by atoms with Crippen molar-refractivity contribution < 1.29 is 0 Å². The summed E-state index contributed by atoms with van der Waals surface area (Å²) in [5.74, 6) is 1.67. The van der Waals surface area contributed by atoms with E-state index in [1.54, 1.807) is 0 Å². The third-order valence-corrected chi connectivity index (χ3v) is 2.63. The van der Waals surface area contributed by atoms with Crippen LogP contribution in [0.5, 0.6) is 0 Å². The molecule has 1 atom stereocenters. The molecule has 0 spiro atoms. The minimum Gasteiger partial charge on any atom is -0.330 e. The summed E-state index contributed by atoms with van der Waals surface area (Å²) in [5.41, 5.74) is 5.59. The van der Waals surface area contributed by atoms with Gasteiger partial charge in [-0.15, -0.1) is 0 Å². The standard InChI is InChI=1S/C10H22N2/c1-3-12(7-9(2)6-11)8-10-4-5-10/h9-10H,3-8,11H2,1-2H3. The fraction of sp³-hybridized carbons (Fsp3) is 1.00. The molecule has 0 aromatic carbocycles. The van der Waals surface area contributed by atoms with E-state index in [4.69, 9.17) is 5.73 Å². The van der Waals surface area contributed by atoms with Gasteiger partial charge in [0.05, 0.1) is 0 Å². The minimum absolute atomic E-state index is 0.656. The van der Waals surface area contributed by atoms with Gasteiger partial charge in [-0.05, 0) is 37.8 Å². The second kappa shape index (κ2) is 4.83. The molecule has 1 fully saturated rings. The van der Waals surface area contributed by atoms with Crippen molar-refractivity contribution in [3.8, 4) is 0 Å². The van der Waals surface area contributed by atoms with Crippen molar-refractivity contribution >= 4 is 0 Å². The number of hydrogen-bond donors (Lipinski definition) is 1. The van der Waals surface area contributed by atoms with Gasteiger partial charge in [-0.1, -0.05) is 13.8 Å². The van der Waals surface area contributed by atoms with Gasteiger partial charge in [0.25, 0.3) is 0 Å². The fourth-order valence-electron chi connectivity index (χ4n) is 1.51. The molecule has 0 radical (unpaired) electrons. The van der Waals surface area contributed by atoms with Crippen molar-refractivity contribution in [2.75, 3.05) is 26.2 Å². The summed E-state index contributed by atoms with van der Waals surface area (Å²) in [6.45, 7) is 8.97. The SMILES string of the molecule is CCN(CC(C)CN)CC1CC1. The maximum absolute atomic E-state index is 5.59. The van der Waals surface area contributed by atoms with Crippen molar-refractivity contribution in [1.82, 2.24) is 4.90 Å². The van der Waals surface area contributed by atoms with Crippen LogP contribution in [0, 0.1) is 11.8 Å². The maximum atomic E-state index is 5.59. The van der Waals surface area contributed by atoms with E-state index in [-0.39, 0.29) is 0 Å². The first kappa shape index (κ1) is 10.0. The molecule has 72 valence electrons. The number of hydrogen-bond acceptors (Lipinski definition) is 2. The summed E-state index contributed by atoms with van der Waals surface area (Å²) in [6, 6.07) is 0. The quantitative estimate of drug-likeness (QED) is 0.651. The topological polar surface area (TPSA) is 29.3 Å². The largest absolute Gasteiger partial charge is 0.330 e. The zero-order chi connectivity index (χ0) is 8.97. The average Bonchev–Trinajstić information content (AvgIpc) is 2.86. The van der Waals surface area contributed by atoms with Crippen molar-refractivity contribution in [3.63, 3.8) is 0 Å². The molecule has 0 bridgehead atoms. The number of nitrogens with zero attached hydrogens (tertiary/aromatic N) is 1. The Morgan fingerprint density at radius 3 is 2.58 bits per heavy atom. The van der Waals surface area contributed by atoms with Crippen LogP contribution in [0.2, 0.25) is 0 Å². The summed E-state index contributed by atoms with van der Waals surface area (Å²) in [7, 11) is 0. The van der Waals surface area contributed by atoms with Gasteiger partial charge < -0.3 is 10.6 Å². The Balaban J connectivity index is 2.14. The summed E-state index contributed by atoms with van der Waals surface area (Å²) >= 11 is 0. The van der Waals surface area contributed by atoms with Crippen molar-refractivity contribution in [1.29, 1.82) is 0 Å². The van der Waals surface area contributed by atoms with Gasteiger partial charge in [0.15, 0.2) is 0 Å². The molecule has 1 rings (SSSR count). The van der Waals surface area contributed by atoms with Crippen LogP contribution < -0.4 is 5.73 Å². The molecule has 1 aliphatic rings. The van der Waals surface area contributed by atoms with Crippen LogP contribution in [0.4, 0.5) is 0 Å². The first-order valence-corrected chi connectivity index (χ1v) is 5.18. The summed E-state index contributed by atoms with van der Waals surface area (Å²) in [5, 5.41) is 0. The normalized spacial score (nSPS) is 20.0. The number of rotatable bonds is 6. The van der Waals surface area contributed by atoms with E-state index >= 15 is 0 Å². The Hall–Kier alpha value is -0.0800. The Bertz CT molecular complexity index is 121. The number of nitrogens with two attached hydrogens (primary N) is 1. The van der Waals surface area contributed by atoms with Gasteiger partial charge in [0, 0.05) is 13.1 Å². The molecular weight excluding hydrogens is 148 g/mol. The Morgan fingerprint density at radius 1 is 1.50 bits per heavy atom. The van der Waals surface area contributed by atoms with E-state index in [1.165, 1.54) is 32.5 Å². The fourth-order valence-corrected chi connectivity index (χ4v) is 1.51. The van der Waals surface area contributed by atoms with Gasteiger partial charge in [0.2, 0.25) is 0 Å². The van der Waals surface area contributed by atoms with Gasteiger partial charge in [-0.25, -0.2) is 0 Å². The molecule has 0 aromatic rings. The van der Waals surface area contributed by atoms with Gasteiger partial charge in [-0.3, -0.25) is 0 Å². The van der Waals surface area contributed by atoms with E-state index < -0.39 is 0 Å². The zero-order valence-corrected chi connectivity index (χ0v) is 8.42. The Kier molecular flexibility index (Phi) is 4.02. The van der Waals surface area contributed by atoms with Crippen LogP contribution in [-0.2, 0) is 0 Å². The molecule has 0 aliphatic heterocycles. The van der Waals surface area contributed by atoms with Crippen molar-refractivity contribution in [3.05, 3.63) is 0 Å². The summed E-state index contributed by atoms with van der Waals surface area (Å²) in [4.78, 5) is 2.54. The van der Waals surface area contributed by atoms with Crippen LogP contribution in [0.3, 0.4) is 0 Å². The highest BCUT2D eigenvalue weighted by Crippen LogP contribution is 2.29. The van der Waals surface area contributed by atoms with Crippen LogP contribution in [-0.4, -0.2) is 31.1 Å². The second-order valence-electron chi connectivity index (χ2n) is 4.14. The Labute approximate surface area is 76.1 Å². The molecular formula is C10H22N2. The molecule has 0 aromatic heterocycles. The van der Waals surface area contributed by atoms with Crippen LogP contribution >= 0.6 is 0 Å². The predicted octanol–water partition coefficient (Wildman–Crippen LogP) is 1.31. The lowest BCUT2D eigenvalue weighted by molar-refractivity contribution is 0.242. The van der Waals surface area contributed by atoms with E-state index in [0.717, 1.165) is 12.5 Å². The van der Waals surface area contributed by atoms with Gasteiger partial charge in [-0.2, -0.15) is 0 Å². The minimum atomic E-state index is 0.656. The molecule has 0 heterocycles. The smallest absolute Gasteiger partial charge is 0.00191 e. The molecule has 2 nitrogen and oxygen atoms in total. The molecule has 1 saturated carbocycles. The average molecular weight is 170 g/mol. The van der Waals surface area contributed by atoms with E-state index in [1.807, 2.05) is 0 Å². The van der Waals surface area contributed by atoms with Gasteiger partial charge >= 0.3 is 0 Å². The highest BCUT2D eigenvalue weighted by atomic mass is 15.1. The molecule has 2 N–H and O–H groups in total. The highest BCUT2D eigenvalue weighted by Gasteiger charge is 2.23. The predicted molar refractivity (Wildman–Crippen MR) is 53.1 cm³/mol. The van der Waals surface area contributed by atoms with E-state index in [2.05, 4.69) is 18.7 Å². The highest BCUT2D eigenvalue weighted by molar-refractivity contribution is 4.77. The first-order valence-electron chi connectivity index (χ1n) is 5.18. The van der Waals surface area contributed by atoms with Crippen LogP contribution in [0.1, 0.15) is 26.7 Å². The molecule has 12 heavy (non-hydrogen) atoms. The van der Waals surface area contributed by atoms with E-state index in [0.29, 0.717) is 5.92 Å². The molecule has 0 amide bonds. The van der Waals surface area contributed by atoms with E-state index in [9.17, 15) is 0 Å². The lowest BCUT2D eigenvalue weighted by Gasteiger charge is -2.23. The summed E-state index contributed by atoms with van der Waals surface area (Å²) in [6.07, 6.45) is 2.90. The van der Waals surface area contributed by atoms with Crippen LogP contribution in [0.25, 0.3) is 0 Å². The van der Waals surface area contributed by atoms with Gasteiger partial charge in [0.1, 0.15) is 0 Å². The Morgan fingerprint density at radius 2 is 2.17 bits per heavy atom. The molecule has 0 saturated heterocycles. The third kappa shape index (κ3) is 3.55. The molecule has 1 unspecified atom stereocenters. The van der Waals surface area contributed by atoms with Crippen molar-refractivity contribution in [2.24, 2.45) is 17.6 Å². The second-order valence-corrected chi connectivity index (χ2v) is 4.14. The third-order valence-electron chi connectivity index (χ3n) is 2.63. The first-order chi connectivity index (χ1) is 5.76. The lowest BCUT2D eigenvalue weighted by Crippen LogP contribution is -2.33. The maximum Gasteiger partial charge on any atom is 0.00191 e. The van der Waals surface area contributed by atoms with Crippen molar-refractivity contribution in [2.45, 2.75) is 26.7 Å².